The number of hydrogen-bond acceptors (Lipinski definition) is 4. The zero-order valence-corrected chi connectivity index (χ0v) is 10.2. The van der Waals surface area contributed by atoms with Gasteiger partial charge in [0, 0.05) is 34.9 Å². The van der Waals surface area contributed by atoms with E-state index >= 15 is 0 Å². The third-order valence-corrected chi connectivity index (χ3v) is 3.02. The summed E-state index contributed by atoms with van der Waals surface area (Å²) in [6.45, 7) is 1.65. The fraction of sp³-hybridized carbons (Fsp3) is 0.0714. The highest BCUT2D eigenvalue weighted by atomic mass is 16.4. The number of hydrogen-bond donors (Lipinski definition) is 0. The van der Waals surface area contributed by atoms with Gasteiger partial charge in [-0.1, -0.05) is 12.1 Å². The summed E-state index contributed by atoms with van der Waals surface area (Å²) in [6.07, 6.45) is 4.93. The fourth-order valence-corrected chi connectivity index (χ4v) is 2.09. The molecule has 5 heteroatoms. The Morgan fingerprint density at radius 2 is 2.16 bits per heavy atom. The Bertz CT molecular complexity index is 772. The van der Waals surface area contributed by atoms with Crippen molar-refractivity contribution in [2.75, 3.05) is 0 Å². The zero-order valence-electron chi connectivity index (χ0n) is 10.2. The van der Waals surface area contributed by atoms with E-state index in [1.807, 2.05) is 24.3 Å². The van der Waals surface area contributed by atoms with Crippen LogP contribution in [0.4, 0.5) is 0 Å². The van der Waals surface area contributed by atoms with Gasteiger partial charge in [-0.3, -0.25) is 4.98 Å². The van der Waals surface area contributed by atoms with Crippen LogP contribution in [0.25, 0.3) is 16.5 Å². The van der Waals surface area contributed by atoms with Crippen LogP contribution in [0.5, 0.6) is 0 Å². The van der Waals surface area contributed by atoms with E-state index in [4.69, 9.17) is 0 Å². The fourth-order valence-electron chi connectivity index (χ4n) is 2.09. The molecule has 94 valence electrons. The van der Waals surface area contributed by atoms with Gasteiger partial charge < -0.3 is 9.90 Å². The maximum Gasteiger partial charge on any atom is 0.0749 e. The second kappa shape index (κ2) is 4.20. The Morgan fingerprint density at radius 3 is 2.89 bits per heavy atom. The Morgan fingerprint density at radius 1 is 1.32 bits per heavy atom. The van der Waals surface area contributed by atoms with E-state index in [9.17, 15) is 9.90 Å². The lowest BCUT2D eigenvalue weighted by molar-refractivity contribution is -0.255. The molecule has 0 amide bonds. The number of carboxylic acid groups (broad SMARTS) is 1. The first-order valence-corrected chi connectivity index (χ1v) is 5.77. The molecule has 0 fully saturated rings. The molecule has 0 bridgehead atoms. The van der Waals surface area contributed by atoms with Crippen molar-refractivity contribution < 1.29 is 9.90 Å². The number of aryl methyl sites for hydroxylation is 1. The molecular weight excluding hydrogens is 242 g/mol. The van der Waals surface area contributed by atoms with Crippen molar-refractivity contribution in [3.8, 4) is 5.69 Å². The molecule has 0 aliphatic rings. The van der Waals surface area contributed by atoms with Crippen LogP contribution >= 0.6 is 0 Å². The molecule has 2 aromatic heterocycles. The van der Waals surface area contributed by atoms with Crippen LogP contribution in [0.2, 0.25) is 0 Å². The summed E-state index contributed by atoms with van der Waals surface area (Å²) < 4.78 is 1.56. The molecule has 2 heterocycles. The Labute approximate surface area is 109 Å². The van der Waals surface area contributed by atoms with E-state index < -0.39 is 5.97 Å². The summed E-state index contributed by atoms with van der Waals surface area (Å²) in [5.74, 6) is -1.22. The predicted octanol–water partition coefficient (Wildman–Crippen LogP) is 1.09. The molecular formula is C14H10N3O2-. The van der Waals surface area contributed by atoms with Crippen molar-refractivity contribution in [3.63, 3.8) is 0 Å². The smallest absolute Gasteiger partial charge is 0.0749 e. The predicted molar refractivity (Wildman–Crippen MR) is 67.9 cm³/mol. The molecule has 0 saturated heterocycles. The Balaban J connectivity index is 2.25. The first kappa shape index (κ1) is 11.4. The summed E-state index contributed by atoms with van der Waals surface area (Å²) in [6, 6.07) is 7.59. The minimum atomic E-state index is -1.22. The van der Waals surface area contributed by atoms with Crippen molar-refractivity contribution >= 4 is 16.7 Å². The SMILES string of the molecule is Cc1nn(-c2cccc3cnccc23)cc1C(=O)[O-]. The number of benzene rings is 1. The van der Waals surface area contributed by atoms with Crippen molar-refractivity contribution in [1.82, 2.24) is 14.8 Å². The van der Waals surface area contributed by atoms with Gasteiger partial charge in [0.25, 0.3) is 0 Å². The van der Waals surface area contributed by atoms with Gasteiger partial charge in [-0.15, -0.1) is 0 Å². The molecule has 5 nitrogen and oxygen atoms in total. The summed E-state index contributed by atoms with van der Waals surface area (Å²) in [7, 11) is 0. The first-order valence-electron chi connectivity index (χ1n) is 5.77. The monoisotopic (exact) mass is 252 g/mol. The van der Waals surface area contributed by atoms with Crippen LogP contribution in [0.3, 0.4) is 0 Å². The van der Waals surface area contributed by atoms with Crippen LogP contribution in [0.1, 0.15) is 16.1 Å². The lowest BCUT2D eigenvalue weighted by Gasteiger charge is -2.05. The largest absolute Gasteiger partial charge is 0.545 e. The van der Waals surface area contributed by atoms with Crippen molar-refractivity contribution in [2.24, 2.45) is 0 Å². The van der Waals surface area contributed by atoms with E-state index in [1.54, 1.807) is 24.0 Å². The molecule has 0 aliphatic heterocycles. The highest BCUT2D eigenvalue weighted by Crippen LogP contribution is 2.21. The highest BCUT2D eigenvalue weighted by Gasteiger charge is 2.09. The van der Waals surface area contributed by atoms with Gasteiger partial charge in [-0.05, 0) is 19.1 Å². The van der Waals surface area contributed by atoms with E-state index in [-0.39, 0.29) is 5.56 Å². The van der Waals surface area contributed by atoms with Crippen LogP contribution in [0, 0.1) is 6.92 Å². The van der Waals surface area contributed by atoms with Crippen molar-refractivity contribution in [3.05, 3.63) is 54.1 Å². The van der Waals surface area contributed by atoms with Gasteiger partial charge in [0.2, 0.25) is 0 Å². The number of pyridine rings is 1. The van der Waals surface area contributed by atoms with Crippen LogP contribution in [-0.2, 0) is 0 Å². The summed E-state index contributed by atoms with van der Waals surface area (Å²) in [5, 5.41) is 17.1. The first-order chi connectivity index (χ1) is 9.16. The number of carbonyl (C=O) groups excluding carboxylic acids is 1. The molecule has 0 radical (unpaired) electrons. The quantitative estimate of drug-likeness (QED) is 0.684. The lowest BCUT2D eigenvalue weighted by Crippen LogP contribution is -2.22. The Hall–Kier alpha value is -2.69. The molecule has 0 N–H and O–H groups in total. The molecule has 3 rings (SSSR count). The topological polar surface area (TPSA) is 70.8 Å². The zero-order chi connectivity index (χ0) is 13.4. The molecule has 0 unspecified atom stereocenters. The number of fused-ring (bicyclic) bond motifs is 1. The normalized spacial score (nSPS) is 10.8. The van der Waals surface area contributed by atoms with Gasteiger partial charge in [0.05, 0.1) is 17.4 Å². The van der Waals surface area contributed by atoms with Crippen LogP contribution in [0.15, 0.2) is 42.9 Å². The van der Waals surface area contributed by atoms with Gasteiger partial charge >= 0.3 is 0 Å². The highest BCUT2D eigenvalue weighted by molar-refractivity contribution is 5.90. The van der Waals surface area contributed by atoms with Gasteiger partial charge in [0.1, 0.15) is 0 Å². The van der Waals surface area contributed by atoms with Gasteiger partial charge in [-0.2, -0.15) is 5.10 Å². The average Bonchev–Trinajstić information content (AvgIpc) is 2.80. The minimum Gasteiger partial charge on any atom is -0.545 e. The maximum atomic E-state index is 11.0. The van der Waals surface area contributed by atoms with E-state index in [0.29, 0.717) is 5.69 Å². The summed E-state index contributed by atoms with van der Waals surface area (Å²) in [5.41, 5.74) is 1.35. The second-order valence-electron chi connectivity index (χ2n) is 4.23. The lowest BCUT2D eigenvalue weighted by atomic mass is 10.1. The molecule has 0 atom stereocenters. The number of rotatable bonds is 2. The number of aromatic carboxylic acids is 1. The minimum absolute atomic E-state index is 0.103. The maximum absolute atomic E-state index is 11.0. The Kier molecular flexibility index (Phi) is 2.52. The summed E-state index contributed by atoms with van der Waals surface area (Å²) in [4.78, 5) is 15.0. The molecule has 3 aromatic rings. The van der Waals surface area contributed by atoms with E-state index in [0.717, 1.165) is 16.5 Å². The number of nitrogens with zero attached hydrogens (tertiary/aromatic N) is 3. The number of carbonyl (C=O) groups is 1. The van der Waals surface area contributed by atoms with Gasteiger partial charge in [0.15, 0.2) is 0 Å². The van der Waals surface area contributed by atoms with Gasteiger partial charge in [-0.25, -0.2) is 4.68 Å². The number of aromatic nitrogens is 3. The third kappa shape index (κ3) is 1.85. The average molecular weight is 252 g/mol. The number of carboxylic acids is 1. The summed E-state index contributed by atoms with van der Waals surface area (Å²) >= 11 is 0. The molecule has 0 spiro atoms. The second-order valence-corrected chi connectivity index (χ2v) is 4.23. The molecule has 0 saturated carbocycles. The van der Waals surface area contributed by atoms with E-state index in [1.165, 1.54) is 6.20 Å². The third-order valence-electron chi connectivity index (χ3n) is 3.02. The molecule has 0 aliphatic carbocycles. The molecule has 1 aromatic carbocycles. The van der Waals surface area contributed by atoms with E-state index in [2.05, 4.69) is 10.1 Å². The van der Waals surface area contributed by atoms with Crippen molar-refractivity contribution in [2.45, 2.75) is 6.92 Å². The molecule has 19 heavy (non-hydrogen) atoms. The van der Waals surface area contributed by atoms with Crippen LogP contribution in [-0.4, -0.2) is 20.7 Å². The van der Waals surface area contributed by atoms with Crippen molar-refractivity contribution in [1.29, 1.82) is 0 Å². The van der Waals surface area contributed by atoms with Crippen LogP contribution < -0.4 is 5.11 Å². The standard InChI is InChI=1S/C14H11N3O2/c1-9-12(14(18)19)8-17(16-9)13-4-2-3-10-7-15-6-5-11(10)13/h2-8H,1H3,(H,18,19)/p-1.